The third-order valence-corrected chi connectivity index (χ3v) is 7.46. The molecule has 9 nitrogen and oxygen atoms in total. The Hall–Kier alpha value is -3.08. The Bertz CT molecular complexity index is 1340. The summed E-state index contributed by atoms with van der Waals surface area (Å²) in [6, 6.07) is 11.5. The van der Waals surface area contributed by atoms with Crippen molar-refractivity contribution in [2.24, 2.45) is 0 Å². The molecule has 0 radical (unpaired) electrons. The van der Waals surface area contributed by atoms with Crippen LogP contribution in [0.1, 0.15) is 23.0 Å². The predicted molar refractivity (Wildman–Crippen MR) is 120 cm³/mol. The molecule has 2 aromatic carbocycles. The molecule has 1 amide bonds. The van der Waals surface area contributed by atoms with E-state index >= 15 is 0 Å². The summed E-state index contributed by atoms with van der Waals surface area (Å²) < 4.78 is 34.1. The summed E-state index contributed by atoms with van der Waals surface area (Å²) in [4.78, 5) is 25.7. The Balaban J connectivity index is 1.70. The van der Waals surface area contributed by atoms with E-state index in [-0.39, 0.29) is 29.2 Å². The largest absolute Gasteiger partial charge is 0.379 e. The van der Waals surface area contributed by atoms with Crippen LogP contribution in [0.15, 0.2) is 52.2 Å². The lowest BCUT2D eigenvalue weighted by molar-refractivity contribution is 0.0730. The predicted octanol–water partition coefficient (Wildman–Crippen LogP) is 2.00. The van der Waals surface area contributed by atoms with E-state index in [0.29, 0.717) is 41.8 Å². The van der Waals surface area contributed by atoms with E-state index in [4.69, 9.17) is 4.74 Å². The monoisotopic (exact) mass is 456 g/mol. The summed E-state index contributed by atoms with van der Waals surface area (Å²) in [6.07, 6.45) is 0. The van der Waals surface area contributed by atoms with Crippen LogP contribution in [0.3, 0.4) is 0 Å². The van der Waals surface area contributed by atoms with Crippen LogP contribution in [0.5, 0.6) is 0 Å². The first-order valence-corrected chi connectivity index (χ1v) is 11.8. The Morgan fingerprint density at radius 2 is 1.81 bits per heavy atom. The summed E-state index contributed by atoms with van der Waals surface area (Å²) in [5.74, 6) is -0.526. The first-order valence-electron chi connectivity index (χ1n) is 10.3. The molecule has 10 heteroatoms. The minimum atomic E-state index is -3.73. The molecule has 1 fully saturated rings. The first-order chi connectivity index (χ1) is 15.3. The van der Waals surface area contributed by atoms with Gasteiger partial charge in [0.1, 0.15) is 0 Å². The minimum Gasteiger partial charge on any atom is -0.379 e. The lowest BCUT2D eigenvalue weighted by Crippen LogP contribution is -2.40. The van der Waals surface area contributed by atoms with Gasteiger partial charge in [0.25, 0.3) is 11.5 Å². The molecule has 0 atom stereocenters. The Morgan fingerprint density at radius 1 is 1.12 bits per heavy atom. The van der Waals surface area contributed by atoms with Gasteiger partial charge in [-0.2, -0.15) is 9.40 Å². The third-order valence-electron chi connectivity index (χ3n) is 5.42. The van der Waals surface area contributed by atoms with Crippen molar-refractivity contribution >= 4 is 32.4 Å². The van der Waals surface area contributed by atoms with Gasteiger partial charge in [-0.05, 0) is 37.6 Å². The van der Waals surface area contributed by atoms with E-state index in [9.17, 15) is 18.0 Å². The Morgan fingerprint density at radius 3 is 2.50 bits per heavy atom. The number of sulfonamides is 1. The zero-order chi connectivity index (χ0) is 22.9. The molecule has 1 aliphatic rings. The molecule has 168 valence electrons. The number of fused-ring (bicyclic) bond motifs is 1. The molecule has 0 spiro atoms. The van der Waals surface area contributed by atoms with Gasteiger partial charge in [0.05, 0.1) is 23.5 Å². The standard InChI is InChI=1S/C22H24N4O5S/c1-3-26-22(28)18-7-5-4-6-17(18)20(24-26)21(27)23-16-9-8-15(2)19(14-16)32(29,30)25-10-12-31-13-11-25/h4-9,14H,3,10-13H2,1-2H3,(H,23,27). The summed E-state index contributed by atoms with van der Waals surface area (Å²) in [7, 11) is -3.73. The zero-order valence-corrected chi connectivity index (χ0v) is 18.7. The number of hydrogen-bond acceptors (Lipinski definition) is 6. The van der Waals surface area contributed by atoms with Gasteiger partial charge in [0.2, 0.25) is 10.0 Å². The fourth-order valence-electron chi connectivity index (χ4n) is 3.69. The topological polar surface area (TPSA) is 111 Å². The Kier molecular flexibility index (Phi) is 6.09. The number of carbonyl (C=O) groups is 1. The number of nitrogens with one attached hydrogen (secondary N) is 1. The van der Waals surface area contributed by atoms with E-state index in [1.807, 2.05) is 0 Å². The fourth-order valence-corrected chi connectivity index (χ4v) is 5.35. The molecule has 2 heterocycles. The van der Waals surface area contributed by atoms with Crippen LogP contribution in [0.25, 0.3) is 10.8 Å². The normalized spacial score (nSPS) is 15.1. The van der Waals surface area contributed by atoms with Gasteiger partial charge < -0.3 is 10.1 Å². The number of carbonyl (C=O) groups excluding carboxylic acids is 1. The number of nitrogens with zero attached hydrogens (tertiary/aromatic N) is 3. The van der Waals surface area contributed by atoms with Crippen LogP contribution >= 0.6 is 0 Å². The average molecular weight is 457 g/mol. The van der Waals surface area contributed by atoms with Crippen molar-refractivity contribution in [1.82, 2.24) is 14.1 Å². The molecule has 0 bridgehead atoms. The van der Waals surface area contributed by atoms with Crippen LogP contribution in [-0.2, 0) is 21.3 Å². The van der Waals surface area contributed by atoms with Crippen molar-refractivity contribution in [3.05, 3.63) is 64.1 Å². The van der Waals surface area contributed by atoms with E-state index < -0.39 is 15.9 Å². The van der Waals surface area contributed by atoms with Gasteiger partial charge in [-0.3, -0.25) is 9.59 Å². The summed E-state index contributed by atoms with van der Waals surface area (Å²) in [6.45, 7) is 5.07. The van der Waals surface area contributed by atoms with Gasteiger partial charge in [0, 0.05) is 30.7 Å². The molecule has 1 N–H and O–H groups in total. The number of aryl methyl sites for hydroxylation is 2. The highest BCUT2D eigenvalue weighted by molar-refractivity contribution is 7.89. The molecule has 1 aromatic heterocycles. The van der Waals surface area contributed by atoms with Crippen molar-refractivity contribution < 1.29 is 17.9 Å². The summed E-state index contributed by atoms with van der Waals surface area (Å²) in [5, 5.41) is 7.80. The lowest BCUT2D eigenvalue weighted by atomic mass is 10.1. The molecule has 3 aromatic rings. The third kappa shape index (κ3) is 4.04. The number of amides is 1. The maximum absolute atomic E-state index is 13.1. The van der Waals surface area contributed by atoms with Crippen LogP contribution in [0.2, 0.25) is 0 Å². The minimum absolute atomic E-state index is 0.0974. The van der Waals surface area contributed by atoms with Crippen molar-refractivity contribution in [2.75, 3.05) is 31.6 Å². The maximum atomic E-state index is 13.1. The van der Waals surface area contributed by atoms with Gasteiger partial charge in [-0.25, -0.2) is 13.1 Å². The van der Waals surface area contributed by atoms with Crippen LogP contribution in [0, 0.1) is 6.92 Å². The number of hydrogen-bond donors (Lipinski definition) is 1. The number of aromatic nitrogens is 2. The number of anilines is 1. The van der Waals surface area contributed by atoms with Crippen molar-refractivity contribution in [3.8, 4) is 0 Å². The van der Waals surface area contributed by atoms with Crippen LogP contribution < -0.4 is 10.9 Å². The molecule has 32 heavy (non-hydrogen) atoms. The molecule has 1 aliphatic heterocycles. The van der Waals surface area contributed by atoms with Gasteiger partial charge in [-0.1, -0.05) is 24.3 Å². The highest BCUT2D eigenvalue weighted by Crippen LogP contribution is 2.25. The first kappa shape index (κ1) is 22.1. The quantitative estimate of drug-likeness (QED) is 0.629. The number of benzene rings is 2. The highest BCUT2D eigenvalue weighted by atomic mass is 32.2. The van der Waals surface area contributed by atoms with Crippen LogP contribution in [0.4, 0.5) is 5.69 Å². The molecule has 4 rings (SSSR count). The number of rotatable bonds is 5. The highest BCUT2D eigenvalue weighted by Gasteiger charge is 2.28. The van der Waals surface area contributed by atoms with Gasteiger partial charge in [0.15, 0.2) is 5.69 Å². The van der Waals surface area contributed by atoms with E-state index in [2.05, 4.69) is 10.4 Å². The van der Waals surface area contributed by atoms with Crippen molar-refractivity contribution in [1.29, 1.82) is 0 Å². The SMILES string of the molecule is CCn1nc(C(=O)Nc2ccc(C)c(S(=O)(=O)N3CCOCC3)c2)c2ccccc2c1=O. The molecule has 0 saturated carbocycles. The van der Waals surface area contributed by atoms with E-state index in [0.717, 1.165) is 0 Å². The van der Waals surface area contributed by atoms with Gasteiger partial charge >= 0.3 is 0 Å². The number of morpholine rings is 1. The second-order valence-electron chi connectivity index (χ2n) is 7.47. The fraction of sp³-hybridized carbons (Fsp3) is 0.318. The number of ether oxygens (including phenoxy) is 1. The second kappa shape index (κ2) is 8.81. The summed E-state index contributed by atoms with van der Waals surface area (Å²) in [5.41, 5.74) is 0.735. The van der Waals surface area contributed by atoms with Gasteiger partial charge in [-0.15, -0.1) is 0 Å². The molecule has 0 aliphatic carbocycles. The zero-order valence-electron chi connectivity index (χ0n) is 17.9. The van der Waals surface area contributed by atoms with E-state index in [1.165, 1.54) is 15.1 Å². The smallest absolute Gasteiger partial charge is 0.276 e. The van der Waals surface area contributed by atoms with Crippen LogP contribution in [-0.4, -0.2) is 54.7 Å². The second-order valence-corrected chi connectivity index (χ2v) is 9.37. The lowest BCUT2D eigenvalue weighted by Gasteiger charge is -2.26. The Labute approximate surface area is 185 Å². The molecule has 1 saturated heterocycles. The maximum Gasteiger partial charge on any atom is 0.276 e. The molecule has 0 unspecified atom stereocenters. The van der Waals surface area contributed by atoms with E-state index in [1.54, 1.807) is 50.2 Å². The van der Waals surface area contributed by atoms with Crippen molar-refractivity contribution in [3.63, 3.8) is 0 Å². The van der Waals surface area contributed by atoms with Crippen molar-refractivity contribution in [2.45, 2.75) is 25.3 Å². The molecular weight excluding hydrogens is 432 g/mol. The average Bonchev–Trinajstić information content (AvgIpc) is 2.81. The molecular formula is C22H24N4O5S. The summed E-state index contributed by atoms with van der Waals surface area (Å²) >= 11 is 0.